The molecule has 2 aromatic rings. The molecule has 0 radical (unpaired) electrons. The Bertz CT molecular complexity index is 656. The van der Waals surface area contributed by atoms with Crippen LogP contribution in [0.5, 0.6) is 0 Å². The molecule has 6 nitrogen and oxygen atoms in total. The van der Waals surface area contributed by atoms with E-state index in [0.717, 1.165) is 11.0 Å². The largest absolute Gasteiger partial charge is 0.355 e. The number of carbonyl (C=O) groups excluding carboxylic acids is 2. The van der Waals surface area contributed by atoms with Crippen molar-refractivity contribution in [1.82, 2.24) is 15.3 Å². The number of nitrogens with zero attached hydrogens (tertiary/aromatic N) is 2. The van der Waals surface area contributed by atoms with Gasteiger partial charge in [-0.2, -0.15) is 0 Å². The molecule has 2 amide bonds. The topological polar surface area (TPSA) is 84.0 Å². The summed E-state index contributed by atoms with van der Waals surface area (Å²) in [5.74, 6) is -0.531. The lowest BCUT2D eigenvalue weighted by Gasteiger charge is -2.09. The highest BCUT2D eigenvalue weighted by Gasteiger charge is 2.27. The second kappa shape index (κ2) is 4.64. The molecule has 1 atom stereocenters. The number of carbonyl (C=O) groups is 2. The molecule has 1 aliphatic heterocycles. The normalized spacial score (nSPS) is 18.3. The maximum absolute atomic E-state index is 12.0. The van der Waals surface area contributed by atoms with Crippen LogP contribution in [0.3, 0.4) is 0 Å². The molecule has 6 heteroatoms. The molecular formula is C13H12N4O2. The zero-order valence-corrected chi connectivity index (χ0v) is 10.1. The lowest BCUT2D eigenvalue weighted by molar-refractivity contribution is -0.123. The van der Waals surface area contributed by atoms with E-state index in [4.69, 9.17) is 0 Å². The first-order chi connectivity index (χ1) is 9.22. The fourth-order valence-corrected chi connectivity index (χ4v) is 2.08. The number of aromatic nitrogens is 2. The smallest absolute Gasteiger partial charge is 0.229 e. The van der Waals surface area contributed by atoms with Crippen molar-refractivity contribution in [2.24, 2.45) is 5.92 Å². The Kier molecular flexibility index (Phi) is 2.83. The predicted molar refractivity (Wildman–Crippen MR) is 69.3 cm³/mol. The number of rotatable bonds is 2. The Morgan fingerprint density at radius 3 is 2.79 bits per heavy atom. The molecule has 19 heavy (non-hydrogen) atoms. The van der Waals surface area contributed by atoms with Gasteiger partial charge >= 0.3 is 0 Å². The van der Waals surface area contributed by atoms with E-state index >= 15 is 0 Å². The molecule has 96 valence electrons. The van der Waals surface area contributed by atoms with Gasteiger partial charge in [0.25, 0.3) is 0 Å². The number of fused-ring (bicyclic) bond motifs is 1. The van der Waals surface area contributed by atoms with Crippen molar-refractivity contribution in [2.45, 2.75) is 6.42 Å². The fourth-order valence-electron chi connectivity index (χ4n) is 2.08. The monoisotopic (exact) mass is 256 g/mol. The van der Waals surface area contributed by atoms with E-state index in [1.165, 1.54) is 0 Å². The summed E-state index contributed by atoms with van der Waals surface area (Å²) in [6, 6.07) is 5.35. The van der Waals surface area contributed by atoms with Gasteiger partial charge in [-0.3, -0.25) is 19.6 Å². The highest BCUT2D eigenvalue weighted by atomic mass is 16.2. The molecule has 2 N–H and O–H groups in total. The summed E-state index contributed by atoms with van der Waals surface area (Å²) in [4.78, 5) is 31.4. The highest BCUT2D eigenvalue weighted by Crippen LogP contribution is 2.17. The molecule has 3 rings (SSSR count). The Hall–Kier alpha value is -2.50. The summed E-state index contributed by atoms with van der Waals surface area (Å²) < 4.78 is 0. The van der Waals surface area contributed by atoms with Gasteiger partial charge in [0.15, 0.2) is 0 Å². The van der Waals surface area contributed by atoms with E-state index < -0.39 is 0 Å². The molecule has 1 aliphatic rings. The Labute approximate surface area is 109 Å². The van der Waals surface area contributed by atoms with Crippen molar-refractivity contribution in [3.63, 3.8) is 0 Å². The van der Waals surface area contributed by atoms with Gasteiger partial charge in [0.1, 0.15) is 0 Å². The first-order valence-electron chi connectivity index (χ1n) is 6.01. The van der Waals surface area contributed by atoms with Crippen LogP contribution in [0, 0.1) is 5.92 Å². The molecule has 1 unspecified atom stereocenters. The van der Waals surface area contributed by atoms with Crippen molar-refractivity contribution in [3.8, 4) is 0 Å². The minimum absolute atomic E-state index is 0.0791. The van der Waals surface area contributed by atoms with Crippen LogP contribution >= 0.6 is 0 Å². The Morgan fingerprint density at radius 2 is 2.05 bits per heavy atom. The molecular weight excluding hydrogens is 244 g/mol. The van der Waals surface area contributed by atoms with Crippen molar-refractivity contribution >= 4 is 28.5 Å². The summed E-state index contributed by atoms with van der Waals surface area (Å²) in [7, 11) is 0. The van der Waals surface area contributed by atoms with Crippen LogP contribution in [0.4, 0.5) is 5.69 Å². The molecule has 0 saturated carbocycles. The molecule has 1 saturated heterocycles. The molecule has 1 aromatic heterocycles. The summed E-state index contributed by atoms with van der Waals surface area (Å²) in [5.41, 5.74) is 2.16. The standard InChI is InChI=1S/C13H12N4O2/c18-12-5-8(7-16-12)13(19)17-9-1-2-10-11(6-9)15-4-3-14-10/h1-4,6,8H,5,7H2,(H,16,18)(H,17,19). The Morgan fingerprint density at radius 1 is 1.26 bits per heavy atom. The van der Waals surface area contributed by atoms with Crippen molar-refractivity contribution < 1.29 is 9.59 Å². The number of hydrogen-bond acceptors (Lipinski definition) is 4. The van der Waals surface area contributed by atoms with Gasteiger partial charge in [0.2, 0.25) is 11.8 Å². The fraction of sp³-hybridized carbons (Fsp3) is 0.231. The average Bonchev–Trinajstić information content (AvgIpc) is 2.85. The van der Waals surface area contributed by atoms with E-state index in [0.29, 0.717) is 12.2 Å². The van der Waals surface area contributed by atoms with E-state index in [2.05, 4.69) is 20.6 Å². The lowest BCUT2D eigenvalue weighted by Crippen LogP contribution is -2.24. The first kappa shape index (κ1) is 11.6. The first-order valence-corrected chi connectivity index (χ1v) is 6.01. The third kappa shape index (κ3) is 2.37. The van der Waals surface area contributed by atoms with Gasteiger partial charge in [-0.1, -0.05) is 0 Å². The maximum atomic E-state index is 12.0. The summed E-state index contributed by atoms with van der Waals surface area (Å²) in [6.07, 6.45) is 3.48. The number of anilines is 1. The van der Waals surface area contributed by atoms with E-state index in [1.54, 1.807) is 30.6 Å². The van der Waals surface area contributed by atoms with E-state index in [1.807, 2.05) is 0 Å². The van der Waals surface area contributed by atoms with E-state index in [9.17, 15) is 9.59 Å². The van der Waals surface area contributed by atoms with Gasteiger partial charge in [-0.05, 0) is 18.2 Å². The minimum atomic E-state index is -0.301. The average molecular weight is 256 g/mol. The van der Waals surface area contributed by atoms with Gasteiger partial charge in [-0.15, -0.1) is 0 Å². The number of benzene rings is 1. The highest BCUT2D eigenvalue weighted by molar-refractivity contribution is 5.98. The van der Waals surface area contributed by atoms with Crippen LogP contribution < -0.4 is 10.6 Å². The number of nitrogens with one attached hydrogen (secondary N) is 2. The van der Waals surface area contributed by atoms with Crippen LogP contribution in [-0.2, 0) is 9.59 Å². The van der Waals surface area contributed by atoms with Crippen molar-refractivity contribution in [3.05, 3.63) is 30.6 Å². The number of amides is 2. The van der Waals surface area contributed by atoms with Crippen LogP contribution in [-0.4, -0.2) is 28.3 Å². The van der Waals surface area contributed by atoms with Gasteiger partial charge in [0, 0.05) is 31.0 Å². The lowest BCUT2D eigenvalue weighted by atomic mass is 10.1. The molecule has 1 aromatic carbocycles. The van der Waals surface area contributed by atoms with Crippen LogP contribution in [0.25, 0.3) is 11.0 Å². The second-order valence-electron chi connectivity index (χ2n) is 4.45. The van der Waals surface area contributed by atoms with Crippen LogP contribution in [0.15, 0.2) is 30.6 Å². The van der Waals surface area contributed by atoms with E-state index in [-0.39, 0.29) is 24.2 Å². The predicted octanol–water partition coefficient (Wildman–Crippen LogP) is 0.704. The quantitative estimate of drug-likeness (QED) is 0.828. The molecule has 0 spiro atoms. The van der Waals surface area contributed by atoms with Crippen LogP contribution in [0.1, 0.15) is 6.42 Å². The van der Waals surface area contributed by atoms with Gasteiger partial charge in [-0.25, -0.2) is 0 Å². The second-order valence-corrected chi connectivity index (χ2v) is 4.45. The summed E-state index contributed by atoms with van der Waals surface area (Å²) >= 11 is 0. The van der Waals surface area contributed by atoms with Gasteiger partial charge < -0.3 is 10.6 Å². The van der Waals surface area contributed by atoms with Crippen molar-refractivity contribution in [1.29, 1.82) is 0 Å². The minimum Gasteiger partial charge on any atom is -0.355 e. The number of hydrogen-bond donors (Lipinski definition) is 2. The molecule has 2 heterocycles. The zero-order valence-electron chi connectivity index (χ0n) is 10.1. The van der Waals surface area contributed by atoms with Crippen molar-refractivity contribution in [2.75, 3.05) is 11.9 Å². The molecule has 0 aliphatic carbocycles. The molecule has 0 bridgehead atoms. The zero-order chi connectivity index (χ0) is 13.2. The summed E-state index contributed by atoms with van der Waals surface area (Å²) in [5, 5.41) is 5.44. The maximum Gasteiger partial charge on any atom is 0.229 e. The molecule has 1 fully saturated rings. The van der Waals surface area contributed by atoms with Gasteiger partial charge in [0.05, 0.1) is 17.0 Å². The Balaban J connectivity index is 1.77. The third-order valence-electron chi connectivity index (χ3n) is 3.09. The van der Waals surface area contributed by atoms with Crippen LogP contribution in [0.2, 0.25) is 0 Å². The summed E-state index contributed by atoms with van der Waals surface area (Å²) in [6.45, 7) is 0.401. The SMILES string of the molecule is O=C1CC(C(=O)Nc2ccc3nccnc3c2)CN1. The third-order valence-corrected chi connectivity index (χ3v) is 3.09.